The van der Waals surface area contributed by atoms with Crippen molar-refractivity contribution in [2.45, 2.75) is 46.5 Å². The molecule has 0 fully saturated rings. The molecule has 1 aromatic heterocycles. The van der Waals surface area contributed by atoms with E-state index < -0.39 is 5.97 Å². The van der Waals surface area contributed by atoms with Crippen molar-refractivity contribution in [1.82, 2.24) is 15.0 Å². The van der Waals surface area contributed by atoms with Crippen LogP contribution in [0.25, 0.3) is 0 Å². The highest BCUT2D eigenvalue weighted by Crippen LogP contribution is 2.11. The Morgan fingerprint density at radius 1 is 1.29 bits per heavy atom. The minimum absolute atomic E-state index is 0.166. The van der Waals surface area contributed by atoms with E-state index in [1.165, 1.54) is 4.90 Å². The Bertz CT molecular complexity index is 482. The number of aliphatic carboxylic acids is 1. The smallest absolute Gasteiger partial charge is 0.323 e. The van der Waals surface area contributed by atoms with Crippen LogP contribution in [0.5, 0.6) is 0 Å². The summed E-state index contributed by atoms with van der Waals surface area (Å²) < 4.78 is 5.07. The highest BCUT2D eigenvalue weighted by atomic mass is 16.5. The molecule has 0 aromatic carbocycles. The Labute approximate surface area is 124 Å². The molecule has 0 saturated carbocycles. The third-order valence-electron chi connectivity index (χ3n) is 2.82. The molecule has 1 rings (SSSR count). The third-order valence-corrected chi connectivity index (χ3v) is 2.82. The lowest BCUT2D eigenvalue weighted by Crippen LogP contribution is -2.38. The highest BCUT2D eigenvalue weighted by Gasteiger charge is 2.19. The number of carboxylic acid groups (broad SMARTS) is 1. The highest BCUT2D eigenvalue weighted by molar-refractivity contribution is 5.81. The van der Waals surface area contributed by atoms with Crippen LogP contribution in [0, 0.1) is 5.92 Å². The van der Waals surface area contributed by atoms with E-state index in [4.69, 9.17) is 9.63 Å². The van der Waals surface area contributed by atoms with Crippen molar-refractivity contribution in [2.24, 2.45) is 5.92 Å². The van der Waals surface area contributed by atoms with Crippen LogP contribution in [0.1, 0.15) is 51.7 Å². The third kappa shape index (κ3) is 5.93. The summed E-state index contributed by atoms with van der Waals surface area (Å²) in [6.07, 6.45) is 0.493. The quantitative estimate of drug-likeness (QED) is 0.784. The first-order chi connectivity index (χ1) is 9.79. The van der Waals surface area contributed by atoms with Gasteiger partial charge in [-0.1, -0.05) is 32.9 Å². The number of hydrogen-bond donors (Lipinski definition) is 1. The van der Waals surface area contributed by atoms with Gasteiger partial charge in [0.1, 0.15) is 6.54 Å². The molecule has 0 saturated heterocycles. The van der Waals surface area contributed by atoms with Gasteiger partial charge in [-0.3, -0.25) is 9.59 Å². The number of amides is 1. The van der Waals surface area contributed by atoms with E-state index in [9.17, 15) is 9.59 Å². The van der Waals surface area contributed by atoms with Crippen LogP contribution in [-0.4, -0.2) is 45.1 Å². The first-order valence-electron chi connectivity index (χ1n) is 7.11. The predicted molar refractivity (Wildman–Crippen MR) is 75.8 cm³/mol. The molecular weight excluding hydrogens is 274 g/mol. The van der Waals surface area contributed by atoms with Gasteiger partial charge in [-0.05, 0) is 5.92 Å². The van der Waals surface area contributed by atoms with Gasteiger partial charge in [0.15, 0.2) is 5.82 Å². The van der Waals surface area contributed by atoms with Crippen LogP contribution in [-0.2, 0) is 16.0 Å². The maximum atomic E-state index is 12.1. The normalized spacial score (nSPS) is 11.1. The summed E-state index contributed by atoms with van der Waals surface area (Å²) in [6.45, 7) is 7.93. The maximum Gasteiger partial charge on any atom is 0.323 e. The van der Waals surface area contributed by atoms with Crippen LogP contribution in [0.4, 0.5) is 0 Å². The van der Waals surface area contributed by atoms with E-state index in [-0.39, 0.29) is 30.7 Å². The first-order valence-corrected chi connectivity index (χ1v) is 7.11. The number of rotatable bonds is 8. The molecule has 118 valence electrons. The molecule has 0 radical (unpaired) electrons. The van der Waals surface area contributed by atoms with E-state index in [1.807, 2.05) is 27.7 Å². The van der Waals surface area contributed by atoms with Gasteiger partial charge < -0.3 is 14.5 Å². The maximum absolute atomic E-state index is 12.1. The van der Waals surface area contributed by atoms with Crippen molar-refractivity contribution in [2.75, 3.05) is 13.1 Å². The van der Waals surface area contributed by atoms with Crippen molar-refractivity contribution in [3.05, 3.63) is 11.7 Å². The lowest BCUT2D eigenvalue weighted by molar-refractivity contribution is -0.144. The summed E-state index contributed by atoms with van der Waals surface area (Å²) >= 11 is 0. The Kier molecular flexibility index (Phi) is 6.33. The number of aromatic nitrogens is 2. The number of carbonyl (C=O) groups excluding carboxylic acids is 1. The molecule has 1 aromatic rings. The molecule has 1 N–H and O–H groups in total. The lowest BCUT2D eigenvalue weighted by atomic mass is 10.2. The Morgan fingerprint density at radius 3 is 2.43 bits per heavy atom. The van der Waals surface area contributed by atoms with Gasteiger partial charge in [-0.2, -0.15) is 4.98 Å². The van der Waals surface area contributed by atoms with E-state index in [0.717, 1.165) is 0 Å². The zero-order chi connectivity index (χ0) is 16.0. The van der Waals surface area contributed by atoms with Crippen LogP contribution in [0.3, 0.4) is 0 Å². The van der Waals surface area contributed by atoms with Crippen LogP contribution >= 0.6 is 0 Å². The number of carboxylic acids is 1. The second kappa shape index (κ2) is 7.75. The van der Waals surface area contributed by atoms with Gasteiger partial charge in [0.05, 0.1) is 0 Å². The molecule has 0 unspecified atom stereocenters. The fourth-order valence-electron chi connectivity index (χ4n) is 1.83. The number of carbonyl (C=O) groups is 2. The van der Waals surface area contributed by atoms with Crippen LogP contribution < -0.4 is 0 Å². The molecule has 7 heteroatoms. The Morgan fingerprint density at radius 2 is 1.95 bits per heavy atom. The fraction of sp³-hybridized carbons (Fsp3) is 0.714. The molecule has 21 heavy (non-hydrogen) atoms. The van der Waals surface area contributed by atoms with Gasteiger partial charge in [-0.15, -0.1) is 0 Å². The van der Waals surface area contributed by atoms with Gasteiger partial charge in [-0.25, -0.2) is 0 Å². The lowest BCUT2D eigenvalue weighted by Gasteiger charge is -2.22. The van der Waals surface area contributed by atoms with Gasteiger partial charge in [0, 0.05) is 25.3 Å². The van der Waals surface area contributed by atoms with Crippen molar-refractivity contribution in [3.63, 3.8) is 0 Å². The number of hydrogen-bond acceptors (Lipinski definition) is 5. The minimum atomic E-state index is -1.01. The van der Waals surface area contributed by atoms with Gasteiger partial charge in [0.2, 0.25) is 11.8 Å². The summed E-state index contributed by atoms with van der Waals surface area (Å²) in [4.78, 5) is 28.5. The average molecular weight is 297 g/mol. The topological polar surface area (TPSA) is 96.5 Å². The summed E-state index contributed by atoms with van der Waals surface area (Å²) in [6, 6.07) is 0. The zero-order valence-corrected chi connectivity index (χ0v) is 13.0. The van der Waals surface area contributed by atoms with Crippen molar-refractivity contribution < 1.29 is 19.2 Å². The fourth-order valence-corrected chi connectivity index (χ4v) is 1.83. The summed E-state index contributed by atoms with van der Waals surface area (Å²) in [5.74, 6) is 0.181. The molecule has 0 spiro atoms. The van der Waals surface area contributed by atoms with E-state index in [1.54, 1.807) is 0 Å². The molecular formula is C14H23N3O4. The number of aryl methyl sites for hydroxylation is 1. The van der Waals surface area contributed by atoms with E-state index in [0.29, 0.717) is 24.7 Å². The second-order valence-electron chi connectivity index (χ2n) is 5.76. The monoisotopic (exact) mass is 297 g/mol. The zero-order valence-electron chi connectivity index (χ0n) is 13.0. The van der Waals surface area contributed by atoms with Gasteiger partial charge >= 0.3 is 5.97 Å². The molecule has 1 amide bonds. The molecule has 0 aliphatic carbocycles. The molecule has 7 nitrogen and oxygen atoms in total. The van der Waals surface area contributed by atoms with E-state index in [2.05, 4.69) is 10.1 Å². The van der Waals surface area contributed by atoms with Crippen molar-refractivity contribution >= 4 is 11.9 Å². The Balaban J connectivity index is 2.57. The second-order valence-corrected chi connectivity index (χ2v) is 5.76. The van der Waals surface area contributed by atoms with Crippen molar-refractivity contribution in [3.8, 4) is 0 Å². The summed E-state index contributed by atoms with van der Waals surface area (Å²) in [5.41, 5.74) is 0. The predicted octanol–water partition coefficient (Wildman–Crippen LogP) is 1.69. The van der Waals surface area contributed by atoms with Crippen molar-refractivity contribution in [1.29, 1.82) is 0 Å². The summed E-state index contributed by atoms with van der Waals surface area (Å²) in [5, 5.41) is 12.7. The molecule has 0 atom stereocenters. The Hall–Kier alpha value is -1.92. The molecule has 0 aliphatic heterocycles. The molecule has 0 bridgehead atoms. The SMILES string of the molecule is CC(C)CN(CC(=O)O)C(=O)CCc1nc(C(C)C)no1. The van der Waals surface area contributed by atoms with Gasteiger partial charge in [0.25, 0.3) is 0 Å². The summed E-state index contributed by atoms with van der Waals surface area (Å²) in [7, 11) is 0. The standard InChI is InChI=1S/C14H23N3O4/c1-9(2)7-17(8-13(19)20)12(18)6-5-11-15-14(10(3)4)16-21-11/h9-10H,5-8H2,1-4H3,(H,19,20). The minimum Gasteiger partial charge on any atom is -0.480 e. The molecule has 0 aliphatic rings. The van der Waals surface area contributed by atoms with Crippen LogP contribution in [0.15, 0.2) is 4.52 Å². The first kappa shape index (κ1) is 17.1. The largest absolute Gasteiger partial charge is 0.480 e. The number of nitrogens with zero attached hydrogens (tertiary/aromatic N) is 3. The molecule has 1 heterocycles. The average Bonchev–Trinajstić information content (AvgIpc) is 2.82. The van der Waals surface area contributed by atoms with Crippen LogP contribution in [0.2, 0.25) is 0 Å². The van der Waals surface area contributed by atoms with E-state index >= 15 is 0 Å².